The van der Waals surface area contributed by atoms with Crippen molar-refractivity contribution in [3.63, 3.8) is 0 Å². The largest absolute Gasteiger partial charge is 0.438 e. The highest BCUT2D eigenvalue weighted by molar-refractivity contribution is 7.93. The summed E-state index contributed by atoms with van der Waals surface area (Å²) in [4.78, 5) is 21.9. The molecule has 1 saturated carbocycles. The van der Waals surface area contributed by atoms with E-state index >= 15 is 0 Å². The molecule has 0 aliphatic heterocycles. The maximum absolute atomic E-state index is 13.0. The highest BCUT2D eigenvalue weighted by Gasteiger charge is 2.32. The Labute approximate surface area is 177 Å². The van der Waals surface area contributed by atoms with Gasteiger partial charge in [0.2, 0.25) is 5.88 Å². The number of carbonyl (C=O) groups is 1. The van der Waals surface area contributed by atoms with Gasteiger partial charge in [0.25, 0.3) is 5.91 Å². The average Bonchev–Trinajstić information content (AvgIpc) is 3.49. The Balaban J connectivity index is 1.90. The normalized spacial score (nSPS) is 15.7. The summed E-state index contributed by atoms with van der Waals surface area (Å²) in [6.07, 6.45) is 6.00. The van der Waals surface area contributed by atoms with E-state index in [1.807, 2.05) is 39.0 Å². The summed E-state index contributed by atoms with van der Waals surface area (Å²) in [7, 11) is -3.28. The summed E-state index contributed by atoms with van der Waals surface area (Å²) in [5.41, 5.74) is -0.122. The zero-order valence-electron chi connectivity index (χ0n) is 17.6. The number of ether oxygens (including phenoxy) is 1. The number of sulfone groups is 1. The van der Waals surface area contributed by atoms with Crippen LogP contribution in [0.2, 0.25) is 0 Å². The Morgan fingerprint density at radius 2 is 1.90 bits per heavy atom. The molecule has 0 bridgehead atoms. The topological polar surface area (TPSA) is 98.2 Å². The van der Waals surface area contributed by atoms with Gasteiger partial charge < -0.3 is 10.1 Å². The van der Waals surface area contributed by atoms with Crippen LogP contribution in [-0.2, 0) is 15.3 Å². The average molecular weight is 430 g/mol. The van der Waals surface area contributed by atoms with Crippen molar-refractivity contribution in [2.45, 2.75) is 45.1 Å². The van der Waals surface area contributed by atoms with Crippen molar-refractivity contribution >= 4 is 15.7 Å². The van der Waals surface area contributed by atoms with Crippen LogP contribution < -0.4 is 10.1 Å². The third kappa shape index (κ3) is 6.13. The summed E-state index contributed by atoms with van der Waals surface area (Å²) in [5.74, 6) is 1.10. The number of aromatic nitrogens is 2. The monoisotopic (exact) mass is 429 g/mol. The predicted molar refractivity (Wildman–Crippen MR) is 115 cm³/mol. The summed E-state index contributed by atoms with van der Waals surface area (Å²) in [6, 6.07) is 8.72. The summed E-state index contributed by atoms with van der Waals surface area (Å²) < 4.78 is 28.9. The lowest BCUT2D eigenvalue weighted by Crippen LogP contribution is -2.35. The fourth-order valence-corrected chi connectivity index (χ4v) is 3.25. The zero-order valence-corrected chi connectivity index (χ0v) is 18.4. The van der Waals surface area contributed by atoms with Crippen molar-refractivity contribution < 1.29 is 17.9 Å². The molecule has 1 aromatic heterocycles. The van der Waals surface area contributed by atoms with Gasteiger partial charge in [-0.05, 0) is 30.9 Å². The number of amides is 1. The van der Waals surface area contributed by atoms with E-state index in [4.69, 9.17) is 4.74 Å². The van der Waals surface area contributed by atoms with E-state index in [0.717, 1.165) is 24.5 Å². The minimum absolute atomic E-state index is 0.167. The molecule has 0 radical (unpaired) electrons. The van der Waals surface area contributed by atoms with Crippen LogP contribution in [-0.4, -0.2) is 36.6 Å². The molecule has 1 heterocycles. The molecule has 7 nitrogen and oxygen atoms in total. The van der Waals surface area contributed by atoms with Crippen molar-refractivity contribution in [3.05, 3.63) is 59.4 Å². The van der Waals surface area contributed by atoms with Crippen molar-refractivity contribution in [1.82, 2.24) is 15.3 Å². The van der Waals surface area contributed by atoms with Crippen molar-refractivity contribution in [2.24, 2.45) is 5.92 Å². The number of carbonyl (C=O) groups excluding carboxylic acids is 1. The van der Waals surface area contributed by atoms with Crippen LogP contribution in [0.1, 0.15) is 49.8 Å². The van der Waals surface area contributed by atoms with Gasteiger partial charge in [0, 0.05) is 23.3 Å². The second kappa shape index (κ2) is 8.55. The quantitative estimate of drug-likeness (QED) is 0.722. The van der Waals surface area contributed by atoms with Gasteiger partial charge >= 0.3 is 0 Å². The molecule has 1 fully saturated rings. The standard InChI is InChI=1S/C22H27N3O4S/c1-22(2,3)21-23-14-17(20(25-21)29-16-8-6-5-7-9-16)19(26)24-18(15-10-11-15)12-13-30(4,27)28/h5-9,12-15,18H,10-11H2,1-4H3,(H,24,26)/b13-12+. The van der Waals surface area contributed by atoms with Crippen molar-refractivity contribution in [3.8, 4) is 11.6 Å². The lowest BCUT2D eigenvalue weighted by molar-refractivity contribution is 0.0937. The molecule has 0 saturated heterocycles. The van der Waals surface area contributed by atoms with Gasteiger partial charge in [0.1, 0.15) is 17.1 Å². The second-order valence-electron chi connectivity index (χ2n) is 8.57. The first-order valence-electron chi connectivity index (χ1n) is 9.82. The van der Waals surface area contributed by atoms with Crippen LogP contribution in [0.25, 0.3) is 0 Å². The van der Waals surface area contributed by atoms with Crippen LogP contribution in [0.15, 0.2) is 48.0 Å². The number of hydrogen-bond acceptors (Lipinski definition) is 6. The first kappa shape index (κ1) is 22.0. The molecule has 160 valence electrons. The van der Waals surface area contributed by atoms with E-state index in [2.05, 4.69) is 15.3 Å². The number of nitrogens with zero attached hydrogens (tertiary/aromatic N) is 2. The van der Waals surface area contributed by atoms with Gasteiger partial charge in [0.05, 0.1) is 6.04 Å². The van der Waals surface area contributed by atoms with E-state index in [9.17, 15) is 13.2 Å². The number of benzene rings is 1. The lowest BCUT2D eigenvalue weighted by Gasteiger charge is -2.20. The van der Waals surface area contributed by atoms with Gasteiger partial charge in [0.15, 0.2) is 9.84 Å². The Morgan fingerprint density at radius 1 is 1.23 bits per heavy atom. The minimum atomic E-state index is -3.28. The van der Waals surface area contributed by atoms with Crippen LogP contribution in [0.5, 0.6) is 11.6 Å². The van der Waals surface area contributed by atoms with Crippen molar-refractivity contribution in [2.75, 3.05) is 6.26 Å². The molecule has 1 atom stereocenters. The van der Waals surface area contributed by atoms with Gasteiger partial charge in [-0.2, -0.15) is 4.98 Å². The fraction of sp³-hybridized carbons (Fsp3) is 0.409. The molecule has 1 aromatic carbocycles. The van der Waals surface area contributed by atoms with Crippen LogP contribution in [0, 0.1) is 5.92 Å². The Hall–Kier alpha value is -2.74. The molecule has 1 aliphatic rings. The number of rotatable bonds is 7. The molecule has 30 heavy (non-hydrogen) atoms. The minimum Gasteiger partial charge on any atom is -0.438 e. The highest BCUT2D eigenvalue weighted by atomic mass is 32.2. The first-order valence-corrected chi connectivity index (χ1v) is 11.8. The highest BCUT2D eigenvalue weighted by Crippen LogP contribution is 2.34. The Kier molecular flexibility index (Phi) is 6.26. The molecule has 3 rings (SSSR count). The summed E-state index contributed by atoms with van der Waals surface area (Å²) >= 11 is 0. The van der Waals surface area contributed by atoms with Gasteiger partial charge in [-0.15, -0.1) is 0 Å². The smallest absolute Gasteiger partial charge is 0.258 e. The molecule has 8 heteroatoms. The van der Waals surface area contributed by atoms with Crippen LogP contribution in [0.3, 0.4) is 0 Å². The van der Waals surface area contributed by atoms with E-state index in [-0.39, 0.29) is 28.8 Å². The third-order valence-corrected chi connectivity index (χ3v) is 5.24. The molecule has 0 spiro atoms. The third-order valence-electron chi connectivity index (χ3n) is 4.59. The number of para-hydroxylation sites is 1. The molecule has 1 aliphatic carbocycles. The Bertz CT molecular complexity index is 1040. The molecular weight excluding hydrogens is 402 g/mol. The maximum Gasteiger partial charge on any atom is 0.258 e. The van der Waals surface area contributed by atoms with E-state index in [1.165, 1.54) is 12.3 Å². The van der Waals surface area contributed by atoms with Crippen LogP contribution in [0.4, 0.5) is 0 Å². The van der Waals surface area contributed by atoms with Crippen molar-refractivity contribution in [1.29, 1.82) is 0 Å². The molecule has 1 N–H and O–H groups in total. The van der Waals surface area contributed by atoms with Gasteiger partial charge in [-0.25, -0.2) is 13.4 Å². The first-order chi connectivity index (χ1) is 14.0. The molecule has 1 amide bonds. The number of nitrogens with one attached hydrogen (secondary N) is 1. The fourth-order valence-electron chi connectivity index (χ4n) is 2.80. The predicted octanol–water partition coefficient (Wildman–Crippen LogP) is 3.63. The zero-order chi connectivity index (χ0) is 21.9. The van der Waals surface area contributed by atoms with E-state index in [1.54, 1.807) is 12.1 Å². The SMILES string of the molecule is CC(C)(C)c1ncc(C(=O)NC(/C=C/S(C)(=O)=O)C2CC2)c(Oc2ccccc2)n1. The summed E-state index contributed by atoms with van der Waals surface area (Å²) in [5, 5.41) is 4.04. The molecule has 2 aromatic rings. The van der Waals surface area contributed by atoms with E-state index in [0.29, 0.717) is 11.6 Å². The van der Waals surface area contributed by atoms with Gasteiger partial charge in [-0.1, -0.05) is 45.0 Å². The Morgan fingerprint density at radius 3 is 2.47 bits per heavy atom. The van der Waals surface area contributed by atoms with E-state index < -0.39 is 15.7 Å². The van der Waals surface area contributed by atoms with Crippen LogP contribution >= 0.6 is 0 Å². The van der Waals surface area contributed by atoms with Gasteiger partial charge in [-0.3, -0.25) is 4.79 Å². The summed E-state index contributed by atoms with van der Waals surface area (Å²) in [6.45, 7) is 5.94. The molecular formula is C22H27N3O4S. The maximum atomic E-state index is 13.0. The molecule has 1 unspecified atom stereocenters. The second-order valence-corrected chi connectivity index (χ2v) is 10.5. The number of hydrogen-bond donors (Lipinski definition) is 1. The lowest BCUT2D eigenvalue weighted by atomic mass is 9.95.